The third-order valence-corrected chi connectivity index (χ3v) is 4.52. The van der Waals surface area contributed by atoms with Crippen molar-refractivity contribution in [2.24, 2.45) is 0 Å². The van der Waals surface area contributed by atoms with Crippen molar-refractivity contribution < 1.29 is 15.0 Å². The summed E-state index contributed by atoms with van der Waals surface area (Å²) in [6.45, 7) is 0.505. The normalized spacial score (nSPS) is 14.1. The lowest BCUT2D eigenvalue weighted by Gasteiger charge is -2.10. The van der Waals surface area contributed by atoms with Crippen molar-refractivity contribution in [1.29, 1.82) is 0 Å². The van der Waals surface area contributed by atoms with E-state index in [4.69, 9.17) is 0 Å². The summed E-state index contributed by atoms with van der Waals surface area (Å²) in [6, 6.07) is 8.74. The number of hydrogen-bond donors (Lipinski definition) is 2. The fourth-order valence-corrected chi connectivity index (χ4v) is 2.95. The molecule has 1 saturated carbocycles. The van der Waals surface area contributed by atoms with Crippen LogP contribution in [0.3, 0.4) is 0 Å². The third kappa shape index (κ3) is 2.88. The smallest absolute Gasteiger partial charge is 0.342 e. The number of benzene rings is 1. The maximum atomic E-state index is 12.4. The van der Waals surface area contributed by atoms with Gasteiger partial charge in [0, 0.05) is 24.7 Å². The summed E-state index contributed by atoms with van der Waals surface area (Å²) in [5.74, 6) is -0.681. The lowest BCUT2D eigenvalue weighted by atomic mass is 10.1. The topological polar surface area (TPSA) is 96.8 Å². The Morgan fingerprint density at radius 1 is 1.24 bits per heavy atom. The van der Waals surface area contributed by atoms with E-state index < -0.39 is 11.5 Å². The average molecular weight is 339 g/mol. The van der Waals surface area contributed by atoms with Crippen molar-refractivity contribution in [3.8, 4) is 5.75 Å². The molecule has 4 rings (SSSR count). The van der Waals surface area contributed by atoms with Crippen molar-refractivity contribution in [1.82, 2.24) is 14.2 Å². The van der Waals surface area contributed by atoms with Gasteiger partial charge in [-0.1, -0.05) is 12.1 Å². The second kappa shape index (κ2) is 5.77. The van der Waals surface area contributed by atoms with Gasteiger partial charge in [-0.15, -0.1) is 0 Å². The van der Waals surface area contributed by atoms with Crippen LogP contribution in [0.1, 0.15) is 40.4 Å². The molecule has 1 aliphatic rings. The third-order valence-electron chi connectivity index (χ3n) is 4.52. The van der Waals surface area contributed by atoms with Crippen LogP contribution in [-0.4, -0.2) is 30.4 Å². The molecular weight excluding hydrogens is 322 g/mol. The number of aryl methyl sites for hydroxylation is 2. The standard InChI is InChI=1S/C18H17N3O4/c22-13-5-1-11(2-6-13)7-8-20-10-14(18(24)25)17(23)21-16(20)9-15(19-21)12-3-4-12/h1-2,5-6,9-10,12,22H,3-4,7-8H2,(H,24,25). The molecule has 7 nitrogen and oxygen atoms in total. The number of phenolic OH excluding ortho intramolecular Hbond substituents is 1. The monoisotopic (exact) mass is 339 g/mol. The number of carbonyl (C=O) groups is 1. The summed E-state index contributed by atoms with van der Waals surface area (Å²) in [6.07, 6.45) is 4.13. The highest BCUT2D eigenvalue weighted by Gasteiger charge is 2.28. The Balaban J connectivity index is 1.75. The SMILES string of the molecule is O=C(O)c1cn(CCc2ccc(O)cc2)c2cc(C3CC3)nn2c1=O. The molecule has 7 heteroatoms. The van der Waals surface area contributed by atoms with Gasteiger partial charge in [0.25, 0.3) is 5.56 Å². The van der Waals surface area contributed by atoms with Gasteiger partial charge in [0.2, 0.25) is 0 Å². The highest BCUT2D eigenvalue weighted by molar-refractivity contribution is 5.87. The zero-order chi connectivity index (χ0) is 17.6. The Kier molecular flexibility index (Phi) is 3.56. The van der Waals surface area contributed by atoms with E-state index in [9.17, 15) is 19.8 Å². The Morgan fingerprint density at radius 3 is 2.60 bits per heavy atom. The number of carboxylic acids is 1. The fraction of sp³-hybridized carbons (Fsp3) is 0.278. The Bertz CT molecular complexity index is 1010. The molecular formula is C18H17N3O4. The summed E-state index contributed by atoms with van der Waals surface area (Å²) < 4.78 is 2.96. The molecule has 0 unspecified atom stereocenters. The number of carboxylic acid groups (broad SMARTS) is 1. The molecule has 2 aromatic heterocycles. The quantitative estimate of drug-likeness (QED) is 0.741. The van der Waals surface area contributed by atoms with Crippen LogP contribution in [0.4, 0.5) is 0 Å². The van der Waals surface area contributed by atoms with Crippen LogP contribution < -0.4 is 5.56 Å². The van der Waals surface area contributed by atoms with Crippen LogP contribution in [0.15, 0.2) is 41.3 Å². The first-order valence-corrected chi connectivity index (χ1v) is 8.17. The highest BCUT2D eigenvalue weighted by atomic mass is 16.4. The molecule has 0 spiro atoms. The Labute approximate surface area is 142 Å². The van der Waals surface area contributed by atoms with Gasteiger partial charge in [0.15, 0.2) is 0 Å². The van der Waals surface area contributed by atoms with Gasteiger partial charge in [-0.05, 0) is 37.0 Å². The van der Waals surface area contributed by atoms with Crippen LogP contribution in [-0.2, 0) is 13.0 Å². The molecule has 0 atom stereocenters. The van der Waals surface area contributed by atoms with E-state index in [0.717, 1.165) is 24.1 Å². The summed E-state index contributed by atoms with van der Waals surface area (Å²) in [4.78, 5) is 23.8. The first kappa shape index (κ1) is 15.4. The second-order valence-corrected chi connectivity index (χ2v) is 6.38. The van der Waals surface area contributed by atoms with Crippen LogP contribution in [0.2, 0.25) is 0 Å². The molecule has 0 bridgehead atoms. The number of aromatic carboxylic acids is 1. The molecule has 0 radical (unpaired) electrons. The summed E-state index contributed by atoms with van der Waals surface area (Å²) >= 11 is 0. The molecule has 25 heavy (non-hydrogen) atoms. The number of aromatic hydroxyl groups is 1. The van der Waals surface area contributed by atoms with Crippen LogP contribution in [0, 0.1) is 0 Å². The van der Waals surface area contributed by atoms with Gasteiger partial charge in [-0.25, -0.2) is 4.79 Å². The predicted octanol–water partition coefficient (Wildman–Crippen LogP) is 2.02. The highest BCUT2D eigenvalue weighted by Crippen LogP contribution is 2.39. The molecule has 0 aliphatic heterocycles. The number of hydrogen-bond acceptors (Lipinski definition) is 4. The average Bonchev–Trinajstić information content (AvgIpc) is 3.34. The molecule has 3 aromatic rings. The van der Waals surface area contributed by atoms with Crippen molar-refractivity contribution >= 4 is 11.6 Å². The van der Waals surface area contributed by atoms with Crippen LogP contribution in [0.25, 0.3) is 5.65 Å². The van der Waals surface area contributed by atoms with E-state index in [0.29, 0.717) is 24.5 Å². The minimum atomic E-state index is -1.26. The molecule has 2 N–H and O–H groups in total. The van der Waals surface area contributed by atoms with Crippen molar-refractivity contribution in [3.63, 3.8) is 0 Å². The lowest BCUT2D eigenvalue weighted by molar-refractivity contribution is 0.0693. The van der Waals surface area contributed by atoms with E-state index in [1.165, 1.54) is 10.7 Å². The van der Waals surface area contributed by atoms with Gasteiger partial charge in [0.05, 0.1) is 5.69 Å². The maximum absolute atomic E-state index is 12.4. The number of rotatable bonds is 5. The molecule has 128 valence electrons. The predicted molar refractivity (Wildman–Crippen MR) is 90.2 cm³/mol. The molecule has 1 aliphatic carbocycles. The Morgan fingerprint density at radius 2 is 1.96 bits per heavy atom. The van der Waals surface area contributed by atoms with E-state index >= 15 is 0 Å². The first-order valence-electron chi connectivity index (χ1n) is 8.17. The van der Waals surface area contributed by atoms with Gasteiger partial charge >= 0.3 is 5.97 Å². The molecule has 1 aromatic carbocycles. The minimum absolute atomic E-state index is 0.201. The van der Waals surface area contributed by atoms with E-state index in [1.807, 2.05) is 18.2 Å². The van der Waals surface area contributed by atoms with Crippen LogP contribution >= 0.6 is 0 Å². The summed E-state index contributed by atoms with van der Waals surface area (Å²) in [5, 5.41) is 23.0. The van der Waals surface area contributed by atoms with E-state index in [-0.39, 0.29) is 11.3 Å². The Hall–Kier alpha value is -3.09. The fourth-order valence-electron chi connectivity index (χ4n) is 2.95. The van der Waals surface area contributed by atoms with E-state index in [2.05, 4.69) is 5.10 Å². The molecule has 0 saturated heterocycles. The number of fused-ring (bicyclic) bond motifs is 1. The first-order chi connectivity index (χ1) is 12.0. The zero-order valence-corrected chi connectivity index (χ0v) is 13.4. The van der Waals surface area contributed by atoms with Gasteiger partial charge in [0.1, 0.15) is 17.0 Å². The lowest BCUT2D eigenvalue weighted by Crippen LogP contribution is -2.26. The van der Waals surface area contributed by atoms with Crippen LogP contribution in [0.5, 0.6) is 5.75 Å². The van der Waals surface area contributed by atoms with Gasteiger partial charge in [-0.2, -0.15) is 9.61 Å². The summed E-state index contributed by atoms with van der Waals surface area (Å²) in [7, 11) is 0. The number of aromatic nitrogens is 3. The number of phenols is 1. The molecule has 1 fully saturated rings. The van der Waals surface area contributed by atoms with Crippen molar-refractivity contribution in [2.45, 2.75) is 31.7 Å². The van der Waals surface area contributed by atoms with Crippen molar-refractivity contribution in [3.05, 3.63) is 63.7 Å². The van der Waals surface area contributed by atoms with Gasteiger partial charge in [-0.3, -0.25) is 4.79 Å². The second-order valence-electron chi connectivity index (χ2n) is 6.38. The van der Waals surface area contributed by atoms with Crippen molar-refractivity contribution in [2.75, 3.05) is 0 Å². The maximum Gasteiger partial charge on any atom is 0.342 e. The van der Waals surface area contributed by atoms with E-state index in [1.54, 1.807) is 16.7 Å². The largest absolute Gasteiger partial charge is 0.508 e. The van der Waals surface area contributed by atoms with Gasteiger partial charge < -0.3 is 14.8 Å². The number of nitrogens with zero attached hydrogens (tertiary/aromatic N) is 3. The minimum Gasteiger partial charge on any atom is -0.508 e. The summed E-state index contributed by atoms with van der Waals surface area (Å²) in [5.41, 5.74) is 1.57. The molecule has 2 heterocycles. The zero-order valence-electron chi connectivity index (χ0n) is 13.4. The molecule has 0 amide bonds.